The van der Waals surface area contributed by atoms with Gasteiger partial charge in [-0.05, 0) is 36.8 Å². The van der Waals surface area contributed by atoms with E-state index in [1.165, 1.54) is 43.5 Å². The van der Waals surface area contributed by atoms with E-state index in [4.69, 9.17) is 0 Å². The van der Waals surface area contributed by atoms with E-state index < -0.39 is 42.6 Å². The van der Waals surface area contributed by atoms with Gasteiger partial charge in [0.15, 0.2) is 19.7 Å². The van der Waals surface area contributed by atoms with Gasteiger partial charge in [0, 0.05) is 5.56 Å². The van der Waals surface area contributed by atoms with Gasteiger partial charge in [-0.3, -0.25) is 4.79 Å². The Hall–Kier alpha value is -2.72. The average molecular weight is 437 g/mol. The Bertz CT molecular complexity index is 1170. The summed E-state index contributed by atoms with van der Waals surface area (Å²) in [4.78, 5) is 24.3. The zero-order chi connectivity index (χ0) is 21.2. The molecule has 1 aliphatic heterocycles. The minimum atomic E-state index is -3.90. The standard InChI is InChI=1S/C19H19NO7S2/c1-27-19(22)16-7-2-3-8-17(16)20-18(21)13-5-4-6-14(11-13)29(25,26)15-9-10-28(23,24)12-15/h2-8,11,15H,9-10,12H2,1H3,(H,20,21)/t15-/m0/s1. The lowest BCUT2D eigenvalue weighted by molar-refractivity contribution is 0.0602. The topological polar surface area (TPSA) is 124 Å². The fourth-order valence-electron chi connectivity index (χ4n) is 3.09. The molecule has 1 amide bonds. The number of rotatable bonds is 5. The molecule has 10 heteroatoms. The smallest absolute Gasteiger partial charge is 0.339 e. The van der Waals surface area contributed by atoms with Crippen LogP contribution >= 0.6 is 0 Å². The lowest BCUT2D eigenvalue weighted by Crippen LogP contribution is -2.23. The first-order chi connectivity index (χ1) is 13.6. The monoisotopic (exact) mass is 437 g/mol. The summed E-state index contributed by atoms with van der Waals surface area (Å²) in [5.74, 6) is -1.82. The average Bonchev–Trinajstić information content (AvgIpc) is 3.08. The van der Waals surface area contributed by atoms with E-state index in [9.17, 15) is 26.4 Å². The van der Waals surface area contributed by atoms with Gasteiger partial charge in [0.1, 0.15) is 0 Å². The molecule has 0 unspecified atom stereocenters. The van der Waals surface area contributed by atoms with Gasteiger partial charge in [-0.25, -0.2) is 21.6 Å². The van der Waals surface area contributed by atoms with Crippen molar-refractivity contribution < 1.29 is 31.2 Å². The maximum Gasteiger partial charge on any atom is 0.339 e. The lowest BCUT2D eigenvalue weighted by atomic mass is 10.1. The molecular weight excluding hydrogens is 418 g/mol. The number of hydrogen-bond acceptors (Lipinski definition) is 7. The van der Waals surface area contributed by atoms with E-state index in [0.717, 1.165) is 0 Å². The zero-order valence-corrected chi connectivity index (χ0v) is 17.1. The third-order valence-corrected chi connectivity index (χ3v) is 8.80. The predicted molar refractivity (Wildman–Crippen MR) is 106 cm³/mol. The maximum atomic E-state index is 12.8. The molecule has 0 spiro atoms. The van der Waals surface area contributed by atoms with E-state index in [2.05, 4.69) is 10.1 Å². The van der Waals surface area contributed by atoms with E-state index >= 15 is 0 Å². The predicted octanol–water partition coefficient (Wildman–Crippen LogP) is 1.69. The second kappa shape index (κ2) is 7.96. The van der Waals surface area contributed by atoms with Crippen LogP contribution in [0.15, 0.2) is 53.4 Å². The number of carbonyl (C=O) groups excluding carboxylic acids is 2. The highest BCUT2D eigenvalue weighted by Crippen LogP contribution is 2.26. The summed E-state index contributed by atoms with van der Waals surface area (Å²) >= 11 is 0. The molecule has 0 aromatic heterocycles. The number of anilines is 1. The summed E-state index contributed by atoms with van der Waals surface area (Å²) in [6, 6.07) is 11.6. The Balaban J connectivity index is 1.87. The first kappa shape index (κ1) is 21.0. The molecule has 3 rings (SSSR count). The van der Waals surface area contributed by atoms with Gasteiger partial charge in [-0.1, -0.05) is 18.2 Å². The van der Waals surface area contributed by atoms with Gasteiger partial charge < -0.3 is 10.1 Å². The van der Waals surface area contributed by atoms with Crippen molar-refractivity contribution in [1.82, 2.24) is 0 Å². The third-order valence-electron chi connectivity index (χ3n) is 4.63. The minimum Gasteiger partial charge on any atom is -0.465 e. The van der Waals surface area contributed by atoms with E-state index in [-0.39, 0.29) is 33.9 Å². The maximum absolute atomic E-state index is 12.8. The highest BCUT2D eigenvalue weighted by molar-refractivity contribution is 7.96. The second-order valence-corrected chi connectivity index (χ2v) is 11.0. The lowest BCUT2D eigenvalue weighted by Gasteiger charge is -2.12. The second-order valence-electron chi connectivity index (χ2n) is 6.59. The molecule has 1 aliphatic rings. The van der Waals surface area contributed by atoms with Crippen LogP contribution in [0.2, 0.25) is 0 Å². The van der Waals surface area contributed by atoms with E-state index in [1.807, 2.05) is 0 Å². The van der Waals surface area contributed by atoms with Crippen LogP contribution in [0.5, 0.6) is 0 Å². The molecule has 1 saturated heterocycles. The molecule has 0 radical (unpaired) electrons. The van der Waals surface area contributed by atoms with Crippen LogP contribution in [0, 0.1) is 0 Å². The van der Waals surface area contributed by atoms with Crippen molar-refractivity contribution in [2.24, 2.45) is 0 Å². The Labute approximate surface area is 168 Å². The SMILES string of the molecule is COC(=O)c1ccccc1NC(=O)c1cccc(S(=O)(=O)[C@H]2CCS(=O)(=O)C2)c1. The normalized spacial score (nSPS) is 18.2. The Morgan fingerprint density at radius 1 is 1.10 bits per heavy atom. The molecule has 8 nitrogen and oxygen atoms in total. The van der Waals surface area contributed by atoms with E-state index in [0.29, 0.717) is 0 Å². The van der Waals surface area contributed by atoms with Crippen LogP contribution in [0.1, 0.15) is 27.1 Å². The summed E-state index contributed by atoms with van der Waals surface area (Å²) in [5.41, 5.74) is 0.439. The fraction of sp³-hybridized carbons (Fsp3) is 0.263. The molecule has 1 heterocycles. The summed E-state index contributed by atoms with van der Waals surface area (Å²) in [7, 11) is -6.05. The van der Waals surface area contributed by atoms with Gasteiger partial charge in [-0.15, -0.1) is 0 Å². The molecule has 0 saturated carbocycles. The van der Waals surface area contributed by atoms with Crippen LogP contribution in [-0.2, 0) is 24.4 Å². The van der Waals surface area contributed by atoms with Crippen molar-refractivity contribution in [3.05, 3.63) is 59.7 Å². The number of sulfone groups is 2. The van der Waals surface area contributed by atoms with Crippen LogP contribution in [0.3, 0.4) is 0 Å². The van der Waals surface area contributed by atoms with Crippen molar-refractivity contribution >= 4 is 37.2 Å². The van der Waals surface area contributed by atoms with Crippen molar-refractivity contribution in [3.8, 4) is 0 Å². The van der Waals surface area contributed by atoms with Crippen molar-refractivity contribution in [1.29, 1.82) is 0 Å². The quantitative estimate of drug-likeness (QED) is 0.706. The van der Waals surface area contributed by atoms with E-state index in [1.54, 1.807) is 12.1 Å². The number of amides is 1. The summed E-state index contributed by atoms with van der Waals surface area (Å²) in [6.07, 6.45) is 0.0353. The number of hydrogen-bond donors (Lipinski definition) is 1. The van der Waals surface area contributed by atoms with Crippen molar-refractivity contribution in [2.45, 2.75) is 16.6 Å². The van der Waals surface area contributed by atoms with Gasteiger partial charge >= 0.3 is 5.97 Å². The number of carbonyl (C=O) groups is 2. The van der Waals surface area contributed by atoms with Crippen molar-refractivity contribution in [3.63, 3.8) is 0 Å². The molecule has 154 valence electrons. The number of esters is 1. The number of methoxy groups -OCH3 is 1. The molecule has 0 aliphatic carbocycles. The molecular formula is C19H19NO7S2. The molecule has 1 fully saturated rings. The van der Waals surface area contributed by atoms with Gasteiger partial charge in [0.2, 0.25) is 0 Å². The Morgan fingerprint density at radius 2 is 1.83 bits per heavy atom. The Kier molecular flexibility index (Phi) is 5.76. The molecule has 1 atom stereocenters. The van der Waals surface area contributed by atoms with Gasteiger partial charge in [0.05, 0.1) is 40.0 Å². The number of ether oxygens (including phenoxy) is 1. The first-order valence-corrected chi connectivity index (χ1v) is 12.0. The van der Waals surface area contributed by atoms with Crippen LogP contribution in [-0.4, -0.2) is 52.6 Å². The third kappa shape index (κ3) is 4.48. The van der Waals surface area contributed by atoms with Crippen LogP contribution < -0.4 is 5.32 Å². The van der Waals surface area contributed by atoms with Gasteiger partial charge in [-0.2, -0.15) is 0 Å². The number of para-hydroxylation sites is 1. The summed E-state index contributed by atoms with van der Waals surface area (Å²) < 4.78 is 53.5. The molecule has 0 bridgehead atoms. The largest absolute Gasteiger partial charge is 0.465 e. The summed E-state index contributed by atoms with van der Waals surface area (Å²) in [6.45, 7) is 0. The fourth-order valence-corrected chi connectivity index (χ4v) is 7.49. The summed E-state index contributed by atoms with van der Waals surface area (Å²) in [5, 5.41) is 1.55. The molecule has 1 N–H and O–H groups in total. The van der Waals surface area contributed by atoms with Gasteiger partial charge in [0.25, 0.3) is 5.91 Å². The highest BCUT2D eigenvalue weighted by Gasteiger charge is 2.38. The first-order valence-electron chi connectivity index (χ1n) is 8.67. The van der Waals surface area contributed by atoms with Crippen molar-refractivity contribution in [2.75, 3.05) is 23.9 Å². The molecule has 29 heavy (non-hydrogen) atoms. The highest BCUT2D eigenvalue weighted by atomic mass is 32.2. The molecule has 2 aromatic rings. The number of benzene rings is 2. The minimum absolute atomic E-state index is 0.0353. The van der Waals surface area contributed by atoms with Crippen LogP contribution in [0.25, 0.3) is 0 Å². The molecule has 2 aromatic carbocycles. The number of nitrogens with one attached hydrogen (secondary N) is 1. The van der Waals surface area contributed by atoms with Crippen LogP contribution in [0.4, 0.5) is 5.69 Å². The Morgan fingerprint density at radius 3 is 2.48 bits per heavy atom. The zero-order valence-electron chi connectivity index (χ0n) is 15.5.